The first-order valence-corrected chi connectivity index (χ1v) is 9.04. The molecule has 0 unspecified atom stereocenters. The number of nitrogens with one attached hydrogen (secondary N) is 1. The molecule has 0 heterocycles. The van der Waals surface area contributed by atoms with Gasteiger partial charge in [0.15, 0.2) is 5.60 Å². The summed E-state index contributed by atoms with van der Waals surface area (Å²) in [6, 6.07) is 25.0. The van der Waals surface area contributed by atoms with Crippen molar-refractivity contribution in [2.24, 2.45) is 5.10 Å². The molecule has 2 N–H and O–H groups in total. The lowest BCUT2D eigenvalue weighted by Crippen LogP contribution is -2.43. The highest BCUT2D eigenvalue weighted by Gasteiger charge is 2.39. The van der Waals surface area contributed by atoms with Crippen molar-refractivity contribution in [3.05, 3.63) is 102 Å². The van der Waals surface area contributed by atoms with Gasteiger partial charge in [0.2, 0.25) is 0 Å². The van der Waals surface area contributed by atoms with Crippen molar-refractivity contribution in [3.8, 4) is 5.75 Å². The Balaban J connectivity index is 1.84. The fourth-order valence-electron chi connectivity index (χ4n) is 2.89. The summed E-state index contributed by atoms with van der Waals surface area (Å²) in [7, 11) is 0. The van der Waals surface area contributed by atoms with Gasteiger partial charge in [-0.05, 0) is 35.7 Å². The third-order valence-corrected chi connectivity index (χ3v) is 4.26. The van der Waals surface area contributed by atoms with Crippen LogP contribution in [0.5, 0.6) is 5.75 Å². The fraction of sp³-hybridized carbons (Fsp3) is 0.130. The van der Waals surface area contributed by atoms with Crippen LogP contribution in [0.2, 0.25) is 0 Å². The molecule has 0 aliphatic rings. The smallest absolute Gasteiger partial charge is 0.281 e. The molecule has 5 heteroatoms. The maximum Gasteiger partial charge on any atom is 0.281 e. The van der Waals surface area contributed by atoms with Crippen LogP contribution in [0.1, 0.15) is 23.6 Å². The van der Waals surface area contributed by atoms with E-state index in [9.17, 15) is 9.90 Å². The number of rotatable bonds is 7. The lowest BCUT2D eigenvalue weighted by molar-refractivity contribution is -0.136. The third kappa shape index (κ3) is 4.27. The standard InChI is InChI=1S/C23H22N2O3/c1-2-28-21-15-9-10-18(16-21)17-24-25-22(26)23(27,19-11-5-3-6-12-19)20-13-7-4-8-14-20/h3-17,27H,2H2,1H3,(H,25,26)/b24-17+. The molecule has 3 rings (SSSR count). The molecule has 5 nitrogen and oxygen atoms in total. The van der Waals surface area contributed by atoms with Crippen molar-refractivity contribution in [1.29, 1.82) is 0 Å². The number of hydrazone groups is 1. The van der Waals surface area contributed by atoms with Gasteiger partial charge in [-0.3, -0.25) is 4.79 Å². The summed E-state index contributed by atoms with van der Waals surface area (Å²) in [5.41, 5.74) is 2.31. The predicted octanol–water partition coefficient (Wildman–Crippen LogP) is 3.47. The number of carbonyl (C=O) groups excluding carboxylic acids is 1. The van der Waals surface area contributed by atoms with Crippen LogP contribution in [-0.2, 0) is 10.4 Å². The molecule has 28 heavy (non-hydrogen) atoms. The van der Waals surface area contributed by atoms with Gasteiger partial charge in [-0.15, -0.1) is 0 Å². The Bertz CT molecular complexity index is 901. The van der Waals surface area contributed by atoms with E-state index >= 15 is 0 Å². The summed E-state index contributed by atoms with van der Waals surface area (Å²) in [6.45, 7) is 2.48. The number of benzene rings is 3. The quantitative estimate of drug-likeness (QED) is 0.491. The zero-order chi connectivity index (χ0) is 19.8. The lowest BCUT2D eigenvalue weighted by atomic mass is 9.85. The number of nitrogens with zero attached hydrogens (tertiary/aromatic N) is 1. The van der Waals surface area contributed by atoms with E-state index in [2.05, 4.69) is 10.5 Å². The molecule has 0 bridgehead atoms. The van der Waals surface area contributed by atoms with Gasteiger partial charge >= 0.3 is 0 Å². The van der Waals surface area contributed by atoms with Crippen LogP contribution in [0.15, 0.2) is 90.0 Å². The van der Waals surface area contributed by atoms with E-state index in [0.717, 1.165) is 11.3 Å². The summed E-state index contributed by atoms with van der Waals surface area (Å²) in [4.78, 5) is 12.9. The molecule has 142 valence electrons. The normalized spacial score (nSPS) is 11.4. The highest BCUT2D eigenvalue weighted by atomic mass is 16.5. The molecule has 0 saturated carbocycles. The summed E-state index contributed by atoms with van der Waals surface area (Å²) in [6.07, 6.45) is 1.51. The third-order valence-electron chi connectivity index (χ3n) is 4.26. The molecule has 0 atom stereocenters. The average molecular weight is 374 g/mol. The van der Waals surface area contributed by atoms with Crippen molar-refractivity contribution in [2.75, 3.05) is 6.61 Å². The maximum absolute atomic E-state index is 12.9. The van der Waals surface area contributed by atoms with E-state index in [1.165, 1.54) is 6.21 Å². The van der Waals surface area contributed by atoms with Crippen LogP contribution in [0.4, 0.5) is 0 Å². The van der Waals surface area contributed by atoms with Crippen molar-refractivity contribution >= 4 is 12.1 Å². The van der Waals surface area contributed by atoms with Crippen molar-refractivity contribution in [2.45, 2.75) is 12.5 Å². The number of aliphatic hydroxyl groups is 1. The second-order valence-electron chi connectivity index (χ2n) is 6.15. The summed E-state index contributed by atoms with van der Waals surface area (Å²) in [5.74, 6) is 0.0879. The molecule has 3 aromatic carbocycles. The predicted molar refractivity (Wildman–Crippen MR) is 109 cm³/mol. The molecular formula is C23H22N2O3. The zero-order valence-electron chi connectivity index (χ0n) is 15.6. The maximum atomic E-state index is 12.9. The van der Waals surface area contributed by atoms with E-state index in [1.54, 1.807) is 48.5 Å². The highest BCUT2D eigenvalue weighted by molar-refractivity contribution is 5.91. The first kappa shape index (κ1) is 19.3. The van der Waals surface area contributed by atoms with Crippen molar-refractivity contribution in [3.63, 3.8) is 0 Å². The topological polar surface area (TPSA) is 70.9 Å². The van der Waals surface area contributed by atoms with Gasteiger partial charge < -0.3 is 9.84 Å². The SMILES string of the molecule is CCOc1cccc(/C=N/NC(=O)C(O)(c2ccccc2)c2ccccc2)c1. The molecular weight excluding hydrogens is 352 g/mol. The Kier molecular flexibility index (Phi) is 6.19. The van der Waals surface area contributed by atoms with Gasteiger partial charge in [0.1, 0.15) is 5.75 Å². The molecule has 0 aliphatic heterocycles. The Morgan fingerprint density at radius 1 is 1.00 bits per heavy atom. The van der Waals surface area contributed by atoms with E-state index in [0.29, 0.717) is 17.7 Å². The molecule has 0 aromatic heterocycles. The van der Waals surface area contributed by atoms with Crippen molar-refractivity contribution < 1.29 is 14.6 Å². The lowest BCUT2D eigenvalue weighted by Gasteiger charge is -2.27. The Morgan fingerprint density at radius 3 is 2.18 bits per heavy atom. The molecule has 3 aromatic rings. The number of ether oxygens (including phenoxy) is 1. The van der Waals surface area contributed by atoms with Crippen LogP contribution in [0, 0.1) is 0 Å². The number of hydrogen-bond acceptors (Lipinski definition) is 4. The number of amides is 1. The van der Waals surface area contributed by atoms with Crippen LogP contribution >= 0.6 is 0 Å². The van der Waals surface area contributed by atoms with Crippen molar-refractivity contribution in [1.82, 2.24) is 5.43 Å². The summed E-state index contributed by atoms with van der Waals surface area (Å²) >= 11 is 0. The first-order chi connectivity index (χ1) is 13.6. The Morgan fingerprint density at radius 2 is 1.61 bits per heavy atom. The van der Waals surface area contributed by atoms with Gasteiger partial charge in [-0.2, -0.15) is 5.10 Å². The highest BCUT2D eigenvalue weighted by Crippen LogP contribution is 2.29. The second-order valence-corrected chi connectivity index (χ2v) is 6.15. The van der Waals surface area contributed by atoms with Crippen LogP contribution in [-0.4, -0.2) is 23.8 Å². The van der Waals surface area contributed by atoms with E-state index in [1.807, 2.05) is 43.3 Å². The largest absolute Gasteiger partial charge is 0.494 e. The molecule has 0 saturated heterocycles. The van der Waals surface area contributed by atoms with Gasteiger partial charge in [-0.25, -0.2) is 5.43 Å². The van der Waals surface area contributed by atoms with Crippen LogP contribution in [0.25, 0.3) is 0 Å². The van der Waals surface area contributed by atoms with Crippen LogP contribution in [0.3, 0.4) is 0 Å². The second kappa shape index (κ2) is 8.97. The molecule has 0 spiro atoms. The average Bonchev–Trinajstić information content (AvgIpc) is 2.75. The fourth-order valence-corrected chi connectivity index (χ4v) is 2.89. The summed E-state index contributed by atoms with van der Waals surface area (Å²) < 4.78 is 5.45. The van der Waals surface area contributed by atoms with E-state index in [-0.39, 0.29) is 0 Å². The van der Waals surface area contributed by atoms with Gasteiger partial charge in [0.05, 0.1) is 12.8 Å². The minimum Gasteiger partial charge on any atom is -0.494 e. The zero-order valence-corrected chi connectivity index (χ0v) is 15.6. The van der Waals surface area contributed by atoms with E-state index in [4.69, 9.17) is 4.74 Å². The first-order valence-electron chi connectivity index (χ1n) is 9.04. The Labute approximate surface area is 164 Å². The molecule has 0 fully saturated rings. The van der Waals surface area contributed by atoms with E-state index < -0.39 is 11.5 Å². The van der Waals surface area contributed by atoms with Crippen LogP contribution < -0.4 is 10.2 Å². The monoisotopic (exact) mass is 374 g/mol. The molecule has 1 amide bonds. The number of hydrogen-bond donors (Lipinski definition) is 2. The number of carbonyl (C=O) groups is 1. The molecule has 0 aliphatic carbocycles. The van der Waals surface area contributed by atoms with Gasteiger partial charge in [0.25, 0.3) is 5.91 Å². The van der Waals surface area contributed by atoms with Gasteiger partial charge in [0, 0.05) is 0 Å². The summed E-state index contributed by atoms with van der Waals surface area (Å²) in [5, 5.41) is 15.3. The Hall–Kier alpha value is -3.44. The molecule has 0 radical (unpaired) electrons. The minimum absolute atomic E-state index is 0.465. The van der Waals surface area contributed by atoms with Gasteiger partial charge in [-0.1, -0.05) is 72.8 Å². The minimum atomic E-state index is -1.85.